The fourth-order valence-corrected chi connectivity index (χ4v) is 1.93. The predicted octanol–water partition coefficient (Wildman–Crippen LogP) is -2.33. The lowest BCUT2D eigenvalue weighted by atomic mass is 10.4. The van der Waals surface area contributed by atoms with Gasteiger partial charge in [-0.25, -0.2) is 0 Å². The molecular weight excluding hydrogens is 290 g/mol. The fourth-order valence-electron chi connectivity index (χ4n) is 1.42. The largest absolute Gasteiger partial charge is 1.00 e. The zero-order valence-corrected chi connectivity index (χ0v) is 11.9. The van der Waals surface area contributed by atoms with Crippen LogP contribution in [0.4, 0.5) is 0 Å². The zero-order chi connectivity index (χ0) is 13.1. The van der Waals surface area contributed by atoms with Crippen molar-refractivity contribution in [3.8, 4) is 11.6 Å². The molecule has 2 rings (SSSR count). The number of halogens is 1. The fraction of sp³-hybridized carbons (Fsp3) is 0.167. The molecule has 2 aromatic rings. The van der Waals surface area contributed by atoms with E-state index in [4.69, 9.17) is 9.15 Å². The minimum absolute atomic E-state index is 0. The Kier molecular flexibility index (Phi) is 5.41. The van der Waals surface area contributed by atoms with E-state index in [0.717, 1.165) is 0 Å². The van der Waals surface area contributed by atoms with Crippen molar-refractivity contribution < 1.29 is 30.7 Å². The van der Waals surface area contributed by atoms with Crippen LogP contribution < -0.4 is 27.1 Å². The SMILES string of the molecule is COc1coc(-[n+]2ccc([S+](C)[O-])cc2)cc1=O.[Cl-]. The number of ether oxygens (including phenoxy) is 1. The Labute approximate surface area is 119 Å². The first kappa shape index (κ1) is 15.6. The van der Waals surface area contributed by atoms with Gasteiger partial charge in [0.25, 0.3) is 0 Å². The molecule has 0 bridgehead atoms. The third-order valence-electron chi connectivity index (χ3n) is 2.39. The van der Waals surface area contributed by atoms with Crippen molar-refractivity contribution >= 4 is 11.2 Å². The molecule has 0 aliphatic carbocycles. The maximum atomic E-state index is 11.6. The number of pyridine rings is 1. The molecule has 0 saturated carbocycles. The second kappa shape index (κ2) is 6.60. The van der Waals surface area contributed by atoms with Gasteiger partial charge in [0, 0.05) is 0 Å². The molecule has 2 heterocycles. The average Bonchev–Trinajstić information content (AvgIpc) is 2.38. The summed E-state index contributed by atoms with van der Waals surface area (Å²) in [5, 5.41) is 0. The Morgan fingerprint density at radius 1 is 1.37 bits per heavy atom. The van der Waals surface area contributed by atoms with E-state index in [1.165, 1.54) is 19.4 Å². The lowest BCUT2D eigenvalue weighted by molar-refractivity contribution is -0.610. The first-order valence-corrected chi connectivity index (χ1v) is 6.69. The summed E-state index contributed by atoms with van der Waals surface area (Å²) in [6, 6.07) is 4.75. The molecule has 102 valence electrons. The second-order valence-electron chi connectivity index (χ2n) is 3.55. The normalized spacial score (nSPS) is 11.5. The molecule has 0 radical (unpaired) electrons. The summed E-state index contributed by atoms with van der Waals surface area (Å²) in [5.41, 5.74) is -0.255. The average molecular weight is 302 g/mol. The summed E-state index contributed by atoms with van der Waals surface area (Å²) in [4.78, 5) is 12.3. The Bertz CT molecular complexity index is 597. The molecule has 2 aromatic heterocycles. The summed E-state index contributed by atoms with van der Waals surface area (Å²) in [6.07, 6.45) is 6.23. The van der Waals surface area contributed by atoms with E-state index in [-0.39, 0.29) is 23.6 Å². The monoisotopic (exact) mass is 301 g/mol. The highest BCUT2D eigenvalue weighted by Gasteiger charge is 2.14. The van der Waals surface area contributed by atoms with Gasteiger partial charge in [0.1, 0.15) is 18.6 Å². The van der Waals surface area contributed by atoms with Crippen LogP contribution in [-0.2, 0) is 11.2 Å². The second-order valence-corrected chi connectivity index (χ2v) is 4.93. The highest BCUT2D eigenvalue weighted by Crippen LogP contribution is 2.07. The van der Waals surface area contributed by atoms with Gasteiger partial charge in [-0.05, 0) is 11.2 Å². The van der Waals surface area contributed by atoms with E-state index in [0.29, 0.717) is 10.8 Å². The number of hydrogen-bond acceptors (Lipinski definition) is 4. The molecule has 1 unspecified atom stereocenters. The first-order chi connectivity index (χ1) is 8.61. The summed E-state index contributed by atoms with van der Waals surface area (Å²) in [6.45, 7) is 0. The molecule has 0 aliphatic rings. The molecule has 0 N–H and O–H groups in total. The van der Waals surface area contributed by atoms with Gasteiger partial charge in [-0.1, -0.05) is 0 Å². The van der Waals surface area contributed by atoms with Gasteiger partial charge in [-0.2, -0.15) is 0 Å². The third kappa shape index (κ3) is 3.50. The molecule has 7 heteroatoms. The van der Waals surface area contributed by atoms with E-state index >= 15 is 0 Å². The maximum absolute atomic E-state index is 11.6. The van der Waals surface area contributed by atoms with Crippen LogP contribution in [0.1, 0.15) is 0 Å². The van der Waals surface area contributed by atoms with E-state index in [1.54, 1.807) is 35.3 Å². The lowest BCUT2D eigenvalue weighted by Gasteiger charge is -2.02. The zero-order valence-electron chi connectivity index (χ0n) is 10.3. The van der Waals surface area contributed by atoms with Crippen LogP contribution >= 0.6 is 0 Å². The molecule has 0 fully saturated rings. The molecule has 1 atom stereocenters. The van der Waals surface area contributed by atoms with E-state index < -0.39 is 11.2 Å². The van der Waals surface area contributed by atoms with Crippen LogP contribution in [0, 0.1) is 0 Å². The summed E-state index contributed by atoms with van der Waals surface area (Å²) in [5.74, 6) is 0.528. The van der Waals surface area contributed by atoms with Crippen LogP contribution in [0.2, 0.25) is 0 Å². The molecule has 0 spiro atoms. The van der Waals surface area contributed by atoms with Crippen molar-refractivity contribution in [1.29, 1.82) is 0 Å². The number of nitrogens with zero attached hydrogens (tertiary/aromatic N) is 1. The Morgan fingerprint density at radius 2 is 2.00 bits per heavy atom. The highest BCUT2D eigenvalue weighted by molar-refractivity contribution is 7.90. The van der Waals surface area contributed by atoms with Gasteiger partial charge < -0.3 is 26.1 Å². The van der Waals surface area contributed by atoms with Gasteiger partial charge in [0.15, 0.2) is 17.3 Å². The quantitative estimate of drug-likeness (QED) is 0.471. The van der Waals surface area contributed by atoms with Crippen molar-refractivity contribution in [2.45, 2.75) is 4.90 Å². The van der Waals surface area contributed by atoms with Crippen molar-refractivity contribution in [3.63, 3.8) is 0 Å². The van der Waals surface area contributed by atoms with Gasteiger partial charge in [-0.15, -0.1) is 4.57 Å². The van der Waals surface area contributed by atoms with Crippen LogP contribution in [0.5, 0.6) is 5.75 Å². The minimum atomic E-state index is -1.03. The maximum Gasteiger partial charge on any atom is 0.382 e. The Hall–Kier alpha value is -1.50. The Balaban J connectivity index is 0.00000180. The van der Waals surface area contributed by atoms with Gasteiger partial charge >= 0.3 is 5.88 Å². The van der Waals surface area contributed by atoms with Gasteiger partial charge in [0.2, 0.25) is 11.2 Å². The molecule has 19 heavy (non-hydrogen) atoms. The lowest BCUT2D eigenvalue weighted by Crippen LogP contribution is -3.00. The Morgan fingerprint density at radius 3 is 2.47 bits per heavy atom. The number of rotatable bonds is 3. The molecule has 0 aliphatic heterocycles. The molecule has 0 aromatic carbocycles. The number of hydrogen-bond donors (Lipinski definition) is 0. The van der Waals surface area contributed by atoms with Crippen LogP contribution in [0.15, 0.2) is 51.0 Å². The third-order valence-corrected chi connectivity index (χ3v) is 3.33. The number of aromatic nitrogens is 1. The summed E-state index contributed by atoms with van der Waals surface area (Å²) < 4.78 is 23.0. The topological polar surface area (TPSA) is 66.4 Å². The standard InChI is InChI=1S/C12H12NO4S.ClH/c1-16-11-8-17-12(7-10(11)14)13-5-3-9(4-6-13)18(2)15;/h3-8H,1-2H3;1H/q+1;/p-1. The predicted molar refractivity (Wildman–Crippen MR) is 65.4 cm³/mol. The summed E-state index contributed by atoms with van der Waals surface area (Å²) in [7, 11) is 1.41. The van der Waals surface area contributed by atoms with Gasteiger partial charge in [-0.3, -0.25) is 4.79 Å². The first-order valence-electron chi connectivity index (χ1n) is 5.14. The van der Waals surface area contributed by atoms with Crippen molar-refractivity contribution in [3.05, 3.63) is 47.1 Å². The van der Waals surface area contributed by atoms with Gasteiger partial charge in [0.05, 0.1) is 19.2 Å². The van der Waals surface area contributed by atoms with E-state index in [2.05, 4.69) is 0 Å². The molecule has 5 nitrogen and oxygen atoms in total. The molecule has 0 amide bonds. The van der Waals surface area contributed by atoms with Crippen LogP contribution in [-0.4, -0.2) is 17.9 Å². The number of methoxy groups -OCH3 is 1. The van der Waals surface area contributed by atoms with Crippen LogP contribution in [0.25, 0.3) is 5.88 Å². The summed E-state index contributed by atoms with van der Waals surface area (Å²) >= 11 is -1.03. The van der Waals surface area contributed by atoms with Crippen LogP contribution in [0.3, 0.4) is 0 Å². The smallest absolute Gasteiger partial charge is 0.382 e. The van der Waals surface area contributed by atoms with Crippen molar-refractivity contribution in [1.82, 2.24) is 0 Å². The van der Waals surface area contributed by atoms with E-state index in [1.807, 2.05) is 0 Å². The van der Waals surface area contributed by atoms with Crippen molar-refractivity contribution in [2.75, 3.05) is 13.4 Å². The van der Waals surface area contributed by atoms with E-state index in [9.17, 15) is 9.35 Å². The molecular formula is C12H12ClNO4S. The minimum Gasteiger partial charge on any atom is -1.00 e. The highest BCUT2D eigenvalue weighted by atomic mass is 35.5. The molecule has 0 saturated heterocycles. The van der Waals surface area contributed by atoms with Crippen molar-refractivity contribution in [2.24, 2.45) is 0 Å².